The molecule has 3 aromatic rings. The van der Waals surface area contributed by atoms with Gasteiger partial charge in [-0.05, 0) is 49.2 Å². The lowest BCUT2D eigenvalue weighted by Crippen LogP contribution is -2.45. The lowest BCUT2D eigenvalue weighted by Gasteiger charge is -2.31. The van der Waals surface area contributed by atoms with E-state index in [1.165, 1.54) is 0 Å². The average Bonchev–Trinajstić information content (AvgIpc) is 2.95. The van der Waals surface area contributed by atoms with Crippen LogP contribution < -0.4 is 9.64 Å². The summed E-state index contributed by atoms with van der Waals surface area (Å²) < 4.78 is 13.7. The van der Waals surface area contributed by atoms with Crippen LogP contribution in [-0.4, -0.2) is 18.6 Å². The number of carbonyl (C=O) groups excluding carboxylic acids is 1. The molecule has 4 nitrogen and oxygen atoms in total. The van der Waals surface area contributed by atoms with Crippen molar-refractivity contribution in [2.45, 2.75) is 38.0 Å². The number of fused-ring (bicyclic) bond motifs is 2. The molecule has 0 aliphatic carbocycles. The van der Waals surface area contributed by atoms with E-state index in [4.69, 9.17) is 9.47 Å². The Hall–Kier alpha value is -2.89. The molecule has 5 heteroatoms. The molecule has 0 bridgehead atoms. The molecular formula is C28H26BrNO3. The Morgan fingerprint density at radius 2 is 1.76 bits per heavy atom. The second-order valence-corrected chi connectivity index (χ2v) is 9.60. The first-order valence-corrected chi connectivity index (χ1v) is 12.0. The Bertz CT molecular complexity index is 1180. The number of para-hydroxylation sites is 2. The minimum Gasteiger partial charge on any atom is -0.491 e. The Morgan fingerprint density at radius 3 is 2.55 bits per heavy atom. The fourth-order valence-corrected chi connectivity index (χ4v) is 4.95. The van der Waals surface area contributed by atoms with Crippen molar-refractivity contribution in [2.75, 3.05) is 11.5 Å². The first-order chi connectivity index (χ1) is 16.0. The van der Waals surface area contributed by atoms with E-state index >= 15 is 0 Å². The second kappa shape index (κ2) is 9.16. The molecule has 1 amide bonds. The summed E-state index contributed by atoms with van der Waals surface area (Å²) >= 11 is 3.49. The van der Waals surface area contributed by atoms with Crippen LogP contribution in [0, 0.1) is 0 Å². The second-order valence-electron chi connectivity index (χ2n) is 8.69. The Balaban J connectivity index is 1.46. The van der Waals surface area contributed by atoms with E-state index in [-0.39, 0.29) is 12.0 Å². The highest BCUT2D eigenvalue weighted by Gasteiger charge is 2.53. The lowest BCUT2D eigenvalue weighted by atomic mass is 9.88. The van der Waals surface area contributed by atoms with Gasteiger partial charge in [-0.3, -0.25) is 4.79 Å². The Kier molecular flexibility index (Phi) is 6.09. The van der Waals surface area contributed by atoms with Crippen LogP contribution in [0.5, 0.6) is 5.75 Å². The smallest absolute Gasteiger partial charge is 0.264 e. The van der Waals surface area contributed by atoms with Crippen LogP contribution in [0.25, 0.3) is 0 Å². The summed E-state index contributed by atoms with van der Waals surface area (Å²) in [5.74, 6) is 0.793. The summed E-state index contributed by atoms with van der Waals surface area (Å²) in [5.41, 5.74) is 3.05. The van der Waals surface area contributed by atoms with E-state index in [2.05, 4.69) is 28.9 Å². The molecule has 3 aromatic carbocycles. The van der Waals surface area contributed by atoms with Gasteiger partial charge in [0, 0.05) is 16.5 Å². The zero-order valence-electron chi connectivity index (χ0n) is 18.5. The standard InChI is InChI=1S/C28H26BrNO3/c1-20-11-16-24(19-32-23-7-3-2-4-8-23)33-28(17-20)25-9-5-6-10-26(25)30(27(28)31)18-21-12-14-22(29)15-13-21/h2-15,24H,16-19H2,1H3/t24-,28+/m0/s1. The molecule has 0 aromatic heterocycles. The minimum absolute atomic E-state index is 0.00835. The molecule has 5 rings (SSSR count). The molecule has 0 saturated carbocycles. The highest BCUT2D eigenvalue weighted by molar-refractivity contribution is 9.10. The van der Waals surface area contributed by atoms with Crippen molar-refractivity contribution in [3.05, 3.63) is 106 Å². The van der Waals surface area contributed by atoms with Gasteiger partial charge < -0.3 is 14.4 Å². The Morgan fingerprint density at radius 1 is 1.03 bits per heavy atom. The molecule has 168 valence electrons. The maximum Gasteiger partial charge on any atom is 0.264 e. The number of ether oxygens (including phenoxy) is 2. The van der Waals surface area contributed by atoms with Crippen molar-refractivity contribution in [3.8, 4) is 5.75 Å². The van der Waals surface area contributed by atoms with Crippen molar-refractivity contribution >= 4 is 27.5 Å². The number of anilines is 1. The molecule has 0 radical (unpaired) electrons. The van der Waals surface area contributed by atoms with Crippen LogP contribution in [0.4, 0.5) is 5.69 Å². The van der Waals surface area contributed by atoms with Gasteiger partial charge in [-0.2, -0.15) is 0 Å². The molecule has 0 N–H and O–H groups in total. The van der Waals surface area contributed by atoms with Gasteiger partial charge in [0.05, 0.1) is 18.3 Å². The predicted octanol–water partition coefficient (Wildman–Crippen LogP) is 6.40. The summed E-state index contributed by atoms with van der Waals surface area (Å²) in [7, 11) is 0. The van der Waals surface area contributed by atoms with Gasteiger partial charge in [0.25, 0.3) is 5.91 Å². The normalized spacial score (nSPS) is 22.1. The molecule has 0 unspecified atom stereocenters. The van der Waals surface area contributed by atoms with Crippen molar-refractivity contribution in [1.82, 2.24) is 0 Å². The third-order valence-corrected chi connectivity index (χ3v) is 6.81. The predicted molar refractivity (Wildman–Crippen MR) is 133 cm³/mol. The molecule has 33 heavy (non-hydrogen) atoms. The number of carbonyl (C=O) groups is 1. The Labute approximate surface area is 203 Å². The van der Waals surface area contributed by atoms with E-state index in [1.54, 1.807) is 0 Å². The van der Waals surface area contributed by atoms with Crippen LogP contribution in [0.3, 0.4) is 0 Å². The minimum atomic E-state index is -1.03. The number of amides is 1. The molecule has 2 aliphatic heterocycles. The number of hydrogen-bond donors (Lipinski definition) is 0. The van der Waals surface area contributed by atoms with E-state index < -0.39 is 5.60 Å². The topological polar surface area (TPSA) is 38.8 Å². The molecule has 2 heterocycles. The van der Waals surface area contributed by atoms with E-state index in [1.807, 2.05) is 83.8 Å². The number of nitrogens with zero attached hydrogens (tertiary/aromatic N) is 1. The third-order valence-electron chi connectivity index (χ3n) is 6.28. The molecule has 2 atom stereocenters. The summed E-state index contributed by atoms with van der Waals surface area (Å²) in [6, 6.07) is 25.8. The third kappa shape index (κ3) is 4.35. The molecule has 2 aliphatic rings. The van der Waals surface area contributed by atoms with Crippen LogP contribution in [-0.2, 0) is 21.7 Å². The van der Waals surface area contributed by atoms with Gasteiger partial charge in [0.2, 0.25) is 0 Å². The number of hydrogen-bond acceptors (Lipinski definition) is 3. The summed E-state index contributed by atoms with van der Waals surface area (Å²) in [6.07, 6.45) is 3.21. The molecule has 0 fully saturated rings. The molecular weight excluding hydrogens is 478 g/mol. The molecule has 1 spiro atoms. The fraction of sp³-hybridized carbons (Fsp3) is 0.250. The monoisotopic (exact) mass is 503 g/mol. The van der Waals surface area contributed by atoms with Crippen molar-refractivity contribution < 1.29 is 14.3 Å². The van der Waals surface area contributed by atoms with Crippen LogP contribution >= 0.6 is 15.9 Å². The summed E-state index contributed by atoms with van der Waals surface area (Å²) in [4.78, 5) is 15.9. The van der Waals surface area contributed by atoms with Gasteiger partial charge >= 0.3 is 0 Å². The van der Waals surface area contributed by atoms with Crippen LogP contribution in [0.1, 0.15) is 30.9 Å². The van der Waals surface area contributed by atoms with E-state index in [0.29, 0.717) is 26.0 Å². The van der Waals surface area contributed by atoms with Gasteiger partial charge in [-0.15, -0.1) is 0 Å². The van der Waals surface area contributed by atoms with Gasteiger partial charge in [-0.25, -0.2) is 0 Å². The van der Waals surface area contributed by atoms with Crippen LogP contribution in [0.2, 0.25) is 0 Å². The first kappa shape index (κ1) is 21.9. The number of halogens is 1. The van der Waals surface area contributed by atoms with Gasteiger partial charge in [0.15, 0.2) is 5.60 Å². The van der Waals surface area contributed by atoms with Crippen molar-refractivity contribution in [3.63, 3.8) is 0 Å². The quantitative estimate of drug-likeness (QED) is 0.378. The first-order valence-electron chi connectivity index (χ1n) is 11.2. The van der Waals surface area contributed by atoms with Crippen LogP contribution in [0.15, 0.2) is 95.0 Å². The fourth-order valence-electron chi connectivity index (χ4n) is 4.69. The zero-order chi connectivity index (χ0) is 22.8. The van der Waals surface area contributed by atoms with Gasteiger partial charge in [0.1, 0.15) is 12.4 Å². The maximum atomic E-state index is 14.1. The highest BCUT2D eigenvalue weighted by atomic mass is 79.9. The van der Waals surface area contributed by atoms with E-state index in [9.17, 15) is 4.79 Å². The number of benzene rings is 3. The average molecular weight is 504 g/mol. The van der Waals surface area contributed by atoms with Gasteiger partial charge in [-0.1, -0.05) is 76.1 Å². The summed E-state index contributed by atoms with van der Waals surface area (Å²) in [5, 5.41) is 0. The SMILES string of the molecule is CC1=CC[C@@H](COc2ccccc2)O[C@@]2(C1)C(=O)N(Cc1ccc(Br)cc1)c1ccccc12. The van der Waals surface area contributed by atoms with Crippen molar-refractivity contribution in [2.24, 2.45) is 0 Å². The zero-order valence-corrected chi connectivity index (χ0v) is 20.1. The largest absolute Gasteiger partial charge is 0.491 e. The van der Waals surface area contributed by atoms with E-state index in [0.717, 1.165) is 32.6 Å². The molecule has 0 saturated heterocycles. The summed E-state index contributed by atoms with van der Waals surface area (Å²) in [6.45, 7) is 2.97. The number of rotatable bonds is 5. The van der Waals surface area contributed by atoms with Crippen molar-refractivity contribution in [1.29, 1.82) is 0 Å². The lowest BCUT2D eigenvalue weighted by molar-refractivity contribution is -0.154. The highest BCUT2D eigenvalue weighted by Crippen LogP contribution is 2.48. The maximum absolute atomic E-state index is 14.1.